The molecule has 0 aliphatic rings. The molecule has 0 atom stereocenters. The van der Waals surface area contributed by atoms with Crippen molar-refractivity contribution in [3.05, 3.63) is 24.8 Å². The van der Waals surface area contributed by atoms with Crippen LogP contribution in [-0.4, -0.2) is 9.97 Å². The van der Waals surface area contributed by atoms with Gasteiger partial charge >= 0.3 is 0 Å². The lowest BCUT2D eigenvalue weighted by molar-refractivity contribution is -0.649. The van der Waals surface area contributed by atoms with Gasteiger partial charge in [0.05, 0.1) is 18.6 Å². The first-order chi connectivity index (χ1) is 4.88. The van der Waals surface area contributed by atoms with E-state index in [2.05, 4.69) is 9.97 Å². The van der Waals surface area contributed by atoms with E-state index in [1.165, 1.54) is 0 Å². The number of rotatable bonds is 0. The lowest BCUT2D eigenvalue weighted by atomic mass is 10.4. The molecule has 10 heavy (non-hydrogen) atoms. The summed E-state index contributed by atoms with van der Waals surface area (Å²) >= 11 is 0. The molecule has 0 fully saturated rings. The minimum atomic E-state index is 1.11. The molecule has 2 heterocycles. The second-order valence-corrected chi connectivity index (χ2v) is 2.29. The van der Waals surface area contributed by atoms with Crippen LogP contribution in [-0.2, 0) is 7.05 Å². The summed E-state index contributed by atoms with van der Waals surface area (Å²) in [7, 11) is 1.96. The number of hydrogen-bond donors (Lipinski definition) is 1. The molecule has 2 aromatic rings. The fraction of sp³-hybridized carbons (Fsp3) is 0.143. The Morgan fingerprint density at radius 1 is 1.60 bits per heavy atom. The van der Waals surface area contributed by atoms with Gasteiger partial charge in [-0.2, -0.15) is 0 Å². The fourth-order valence-electron chi connectivity index (χ4n) is 1.05. The normalized spacial score (nSPS) is 10.5. The first-order valence-electron chi connectivity index (χ1n) is 3.14. The van der Waals surface area contributed by atoms with Gasteiger partial charge in [-0.05, 0) is 6.07 Å². The number of nitrogens with zero attached hydrogens (tertiary/aromatic N) is 2. The molecule has 2 rings (SSSR count). The average Bonchev–Trinajstić information content (AvgIpc) is 2.36. The highest BCUT2D eigenvalue weighted by Crippen LogP contribution is 2.02. The fourth-order valence-corrected chi connectivity index (χ4v) is 1.05. The summed E-state index contributed by atoms with van der Waals surface area (Å²) < 4.78 is 1.95. The van der Waals surface area contributed by atoms with Crippen molar-refractivity contribution in [1.82, 2.24) is 9.97 Å². The summed E-state index contributed by atoms with van der Waals surface area (Å²) in [5.41, 5.74) is 1.11. The second kappa shape index (κ2) is 1.80. The zero-order valence-corrected chi connectivity index (χ0v) is 5.70. The SMILES string of the molecule is C[n+]1cncc2cc[nH]c21. The summed E-state index contributed by atoms with van der Waals surface area (Å²) in [6.45, 7) is 0. The van der Waals surface area contributed by atoms with Crippen molar-refractivity contribution >= 4 is 11.0 Å². The van der Waals surface area contributed by atoms with E-state index in [1.54, 1.807) is 6.33 Å². The predicted molar refractivity (Wildman–Crippen MR) is 37.3 cm³/mol. The summed E-state index contributed by atoms with van der Waals surface area (Å²) in [6, 6.07) is 2.00. The van der Waals surface area contributed by atoms with Crippen LogP contribution in [0.3, 0.4) is 0 Å². The van der Waals surface area contributed by atoms with Crippen molar-refractivity contribution in [2.24, 2.45) is 7.05 Å². The van der Waals surface area contributed by atoms with Crippen LogP contribution >= 0.6 is 0 Å². The number of nitrogens with one attached hydrogen (secondary N) is 1. The van der Waals surface area contributed by atoms with E-state index in [1.807, 2.05) is 30.1 Å². The van der Waals surface area contributed by atoms with Gasteiger partial charge < -0.3 is 0 Å². The van der Waals surface area contributed by atoms with Gasteiger partial charge in [-0.1, -0.05) is 0 Å². The van der Waals surface area contributed by atoms with E-state index in [9.17, 15) is 0 Å². The highest BCUT2D eigenvalue weighted by molar-refractivity contribution is 5.70. The summed E-state index contributed by atoms with van der Waals surface area (Å²) in [6.07, 6.45) is 5.52. The molecule has 0 aliphatic carbocycles. The second-order valence-electron chi connectivity index (χ2n) is 2.29. The number of hydrogen-bond acceptors (Lipinski definition) is 1. The minimum absolute atomic E-state index is 1.11. The summed E-state index contributed by atoms with van der Waals surface area (Å²) in [5, 5.41) is 1.14. The Balaban J connectivity index is 2.95. The molecule has 0 spiro atoms. The van der Waals surface area contributed by atoms with Gasteiger partial charge in [0, 0.05) is 0 Å². The van der Waals surface area contributed by atoms with E-state index < -0.39 is 0 Å². The smallest absolute Gasteiger partial charge is 0.235 e. The van der Waals surface area contributed by atoms with E-state index >= 15 is 0 Å². The number of aromatic nitrogens is 3. The molecule has 1 N–H and O–H groups in total. The van der Waals surface area contributed by atoms with Gasteiger partial charge in [-0.15, -0.1) is 4.98 Å². The largest absolute Gasteiger partial charge is 0.279 e. The van der Waals surface area contributed by atoms with Crippen molar-refractivity contribution < 1.29 is 4.57 Å². The van der Waals surface area contributed by atoms with Crippen LogP contribution in [0.25, 0.3) is 11.0 Å². The summed E-state index contributed by atoms with van der Waals surface area (Å²) in [4.78, 5) is 7.14. The quantitative estimate of drug-likeness (QED) is 0.519. The Morgan fingerprint density at radius 3 is 3.30 bits per heavy atom. The lowest BCUT2D eigenvalue weighted by Crippen LogP contribution is -2.29. The van der Waals surface area contributed by atoms with Gasteiger partial charge in [0.2, 0.25) is 12.0 Å². The van der Waals surface area contributed by atoms with E-state index in [-0.39, 0.29) is 0 Å². The van der Waals surface area contributed by atoms with E-state index in [0.717, 1.165) is 11.0 Å². The van der Waals surface area contributed by atoms with Crippen LogP contribution in [0.1, 0.15) is 0 Å². The van der Waals surface area contributed by atoms with E-state index in [4.69, 9.17) is 0 Å². The molecule has 2 aromatic heterocycles. The van der Waals surface area contributed by atoms with E-state index in [0.29, 0.717) is 0 Å². The van der Waals surface area contributed by atoms with Crippen LogP contribution in [0.15, 0.2) is 24.8 Å². The Hall–Kier alpha value is -1.38. The minimum Gasteiger partial charge on any atom is -0.279 e. The highest BCUT2D eigenvalue weighted by atomic mass is 15.0. The van der Waals surface area contributed by atoms with Crippen molar-refractivity contribution in [2.75, 3.05) is 0 Å². The van der Waals surface area contributed by atoms with Crippen LogP contribution in [0, 0.1) is 0 Å². The Kier molecular flexibility index (Phi) is 0.974. The third kappa shape index (κ3) is 0.603. The third-order valence-electron chi connectivity index (χ3n) is 1.56. The van der Waals surface area contributed by atoms with Crippen LogP contribution in [0.5, 0.6) is 0 Å². The molecule has 3 nitrogen and oxygen atoms in total. The van der Waals surface area contributed by atoms with Gasteiger partial charge in [0.15, 0.2) is 0 Å². The predicted octanol–water partition coefficient (Wildman–Crippen LogP) is 0.387. The lowest BCUT2D eigenvalue weighted by Gasteiger charge is -1.88. The molecule has 3 heteroatoms. The maximum absolute atomic E-state index is 4.03. The molecule has 0 aliphatic heterocycles. The van der Waals surface area contributed by atoms with Crippen LogP contribution in [0.4, 0.5) is 0 Å². The average molecular weight is 134 g/mol. The molecule has 0 aromatic carbocycles. The molecular formula is C7H8N3+. The van der Waals surface area contributed by atoms with Crippen molar-refractivity contribution in [3.8, 4) is 0 Å². The van der Waals surface area contributed by atoms with Gasteiger partial charge in [0.25, 0.3) is 0 Å². The van der Waals surface area contributed by atoms with Crippen molar-refractivity contribution in [3.63, 3.8) is 0 Å². The van der Waals surface area contributed by atoms with Crippen LogP contribution in [0.2, 0.25) is 0 Å². The topological polar surface area (TPSA) is 32.6 Å². The first kappa shape index (κ1) is 5.41. The molecule has 0 unspecified atom stereocenters. The van der Waals surface area contributed by atoms with Crippen molar-refractivity contribution in [2.45, 2.75) is 0 Å². The van der Waals surface area contributed by atoms with Gasteiger partial charge in [0.1, 0.15) is 6.20 Å². The number of fused-ring (bicyclic) bond motifs is 1. The first-order valence-corrected chi connectivity index (χ1v) is 3.14. The summed E-state index contributed by atoms with van der Waals surface area (Å²) in [5.74, 6) is 0. The zero-order valence-electron chi connectivity index (χ0n) is 5.70. The molecule has 0 radical (unpaired) electrons. The standard InChI is InChI=1S/C7H7N3/c1-10-5-8-4-6-2-3-9-7(6)10/h2-5H,1H3/p+1. The molecule has 0 amide bonds. The number of aromatic amines is 1. The number of aryl methyl sites for hydroxylation is 1. The zero-order chi connectivity index (χ0) is 6.97. The monoisotopic (exact) mass is 134 g/mol. The molecule has 0 bridgehead atoms. The number of H-pyrrole nitrogens is 1. The van der Waals surface area contributed by atoms with Gasteiger partial charge in [-0.3, -0.25) is 4.98 Å². The maximum atomic E-state index is 4.03. The maximum Gasteiger partial charge on any atom is 0.235 e. The molecular weight excluding hydrogens is 126 g/mol. The van der Waals surface area contributed by atoms with Crippen LogP contribution < -0.4 is 4.57 Å². The Bertz CT molecular complexity index is 350. The Morgan fingerprint density at radius 2 is 2.50 bits per heavy atom. The Labute approximate surface area is 58.3 Å². The highest BCUT2D eigenvalue weighted by Gasteiger charge is 2.00. The van der Waals surface area contributed by atoms with Gasteiger partial charge in [-0.25, -0.2) is 4.57 Å². The molecule has 0 saturated heterocycles. The molecule has 0 saturated carbocycles. The molecule has 50 valence electrons. The third-order valence-corrected chi connectivity index (χ3v) is 1.56. The van der Waals surface area contributed by atoms with Crippen molar-refractivity contribution in [1.29, 1.82) is 0 Å².